The van der Waals surface area contributed by atoms with Gasteiger partial charge in [0.25, 0.3) is 5.91 Å². The average molecular weight is 249 g/mol. The van der Waals surface area contributed by atoms with Crippen LogP contribution in [0.5, 0.6) is 0 Å². The van der Waals surface area contributed by atoms with Crippen molar-refractivity contribution < 1.29 is 26.2 Å². The lowest BCUT2D eigenvalue weighted by molar-refractivity contribution is -1.08. The number of fused-ring (bicyclic) bond motifs is 3. The van der Waals surface area contributed by atoms with Crippen molar-refractivity contribution in [3.8, 4) is 0 Å². The number of quaternary nitrogens is 2. The highest BCUT2D eigenvalue weighted by Crippen LogP contribution is 2.26. The molecule has 0 aromatic heterocycles. The molecule has 2 N–H and O–H groups in total. The molecule has 3 rings (SSSR count). The van der Waals surface area contributed by atoms with E-state index in [1.54, 1.807) is 0 Å². The van der Waals surface area contributed by atoms with Gasteiger partial charge >= 0.3 is 0 Å². The molecular formula is C11H23ClN3O+. The summed E-state index contributed by atoms with van der Waals surface area (Å²) in [6, 6.07) is 0. The van der Waals surface area contributed by atoms with Crippen molar-refractivity contribution >= 4 is 5.91 Å². The van der Waals surface area contributed by atoms with Crippen LogP contribution in [0.4, 0.5) is 0 Å². The number of amides is 1. The lowest BCUT2D eigenvalue weighted by Crippen LogP contribution is -3.00. The molecule has 0 aromatic carbocycles. The Morgan fingerprint density at radius 2 is 1.50 bits per heavy atom. The van der Waals surface area contributed by atoms with Gasteiger partial charge in [0.05, 0.1) is 6.54 Å². The number of hydrogen-bond donors (Lipinski definition) is 1. The molecule has 4 nitrogen and oxygen atoms in total. The molecule has 94 valence electrons. The summed E-state index contributed by atoms with van der Waals surface area (Å²) < 4.78 is 2.27. The first-order chi connectivity index (χ1) is 7.10. The number of carbonyl (C=O) groups excluding carboxylic acids is 1. The van der Waals surface area contributed by atoms with Crippen LogP contribution in [0.2, 0.25) is 0 Å². The van der Waals surface area contributed by atoms with Gasteiger partial charge in [0.15, 0.2) is 6.54 Å². The maximum atomic E-state index is 11.1. The Labute approximate surface area is 104 Å². The van der Waals surface area contributed by atoms with Crippen molar-refractivity contribution in [1.29, 1.82) is 0 Å². The molecule has 0 atom stereocenters. The minimum absolute atomic E-state index is 0. The molecule has 16 heavy (non-hydrogen) atoms. The van der Waals surface area contributed by atoms with Gasteiger partial charge in [0.1, 0.15) is 39.3 Å². The fourth-order valence-corrected chi connectivity index (χ4v) is 3.32. The van der Waals surface area contributed by atoms with E-state index in [-0.39, 0.29) is 18.3 Å². The van der Waals surface area contributed by atoms with Crippen LogP contribution in [-0.4, -0.2) is 67.2 Å². The van der Waals surface area contributed by atoms with E-state index in [4.69, 9.17) is 5.73 Å². The van der Waals surface area contributed by atoms with Crippen LogP contribution in [0.1, 0.15) is 13.3 Å². The monoisotopic (exact) mass is 248 g/mol. The van der Waals surface area contributed by atoms with Crippen LogP contribution in [0.3, 0.4) is 0 Å². The summed E-state index contributed by atoms with van der Waals surface area (Å²) in [4.78, 5) is 11.1. The first kappa shape index (κ1) is 13.7. The Kier molecular flexibility index (Phi) is 4.21. The second-order valence-electron chi connectivity index (χ2n) is 5.37. The van der Waals surface area contributed by atoms with E-state index < -0.39 is 0 Å². The van der Waals surface area contributed by atoms with Gasteiger partial charge in [0.2, 0.25) is 0 Å². The molecular weight excluding hydrogens is 226 g/mol. The maximum Gasteiger partial charge on any atom is 0.272 e. The van der Waals surface area contributed by atoms with E-state index in [0.29, 0.717) is 6.54 Å². The molecule has 0 saturated carbocycles. The van der Waals surface area contributed by atoms with E-state index in [1.165, 1.54) is 37.1 Å². The number of nitrogens with two attached hydrogens (primary N) is 1. The zero-order valence-corrected chi connectivity index (χ0v) is 10.9. The second kappa shape index (κ2) is 4.90. The molecule has 0 aliphatic carbocycles. The highest BCUT2D eigenvalue weighted by Gasteiger charge is 2.48. The molecule has 2 bridgehead atoms. The van der Waals surface area contributed by atoms with Crippen molar-refractivity contribution in [3.05, 3.63) is 0 Å². The van der Waals surface area contributed by atoms with Gasteiger partial charge < -0.3 is 27.1 Å². The van der Waals surface area contributed by atoms with Crippen molar-refractivity contribution in [2.45, 2.75) is 13.3 Å². The van der Waals surface area contributed by atoms with Crippen molar-refractivity contribution in [2.24, 2.45) is 5.73 Å². The fraction of sp³-hybridized carbons (Fsp3) is 0.909. The molecule has 0 spiro atoms. The van der Waals surface area contributed by atoms with Gasteiger partial charge in [-0.2, -0.15) is 0 Å². The largest absolute Gasteiger partial charge is 1.00 e. The minimum Gasteiger partial charge on any atom is -1.00 e. The molecule has 3 aliphatic heterocycles. The van der Waals surface area contributed by atoms with Gasteiger partial charge in [-0.3, -0.25) is 4.79 Å². The van der Waals surface area contributed by atoms with Crippen LogP contribution in [0, 0.1) is 0 Å². The average Bonchev–Trinajstić information content (AvgIpc) is 2.20. The quantitative estimate of drug-likeness (QED) is 0.517. The van der Waals surface area contributed by atoms with Crippen LogP contribution < -0.4 is 18.1 Å². The summed E-state index contributed by atoms with van der Waals surface area (Å²) in [6.07, 6.45) is 1.27. The predicted molar refractivity (Wildman–Crippen MR) is 58.9 cm³/mol. The zero-order chi connectivity index (χ0) is 10.9. The Hall–Kier alpha value is -0.320. The van der Waals surface area contributed by atoms with Gasteiger partial charge in [-0.15, -0.1) is 0 Å². The Morgan fingerprint density at radius 3 is 1.88 bits per heavy atom. The highest BCUT2D eigenvalue weighted by molar-refractivity contribution is 5.74. The smallest absolute Gasteiger partial charge is 0.272 e. The van der Waals surface area contributed by atoms with E-state index in [1.807, 2.05) is 0 Å². The molecule has 5 heteroatoms. The summed E-state index contributed by atoms with van der Waals surface area (Å²) in [5.74, 6) is -0.132. The third-order valence-corrected chi connectivity index (χ3v) is 4.34. The molecule has 0 radical (unpaired) electrons. The Morgan fingerprint density at radius 1 is 1.06 bits per heavy atom. The first-order valence-corrected chi connectivity index (χ1v) is 6.08. The number of nitrogens with zero attached hydrogens (tertiary/aromatic N) is 2. The lowest BCUT2D eigenvalue weighted by Gasteiger charge is -2.55. The number of rotatable bonds is 4. The maximum absolute atomic E-state index is 11.1. The van der Waals surface area contributed by atoms with Crippen LogP contribution >= 0.6 is 0 Å². The third-order valence-electron chi connectivity index (χ3n) is 4.34. The summed E-state index contributed by atoms with van der Waals surface area (Å²) in [6.45, 7) is 11.4. The summed E-state index contributed by atoms with van der Waals surface area (Å²) >= 11 is 0. The van der Waals surface area contributed by atoms with Crippen LogP contribution in [0.15, 0.2) is 0 Å². The van der Waals surface area contributed by atoms with Crippen molar-refractivity contribution in [2.75, 3.05) is 52.4 Å². The number of hydrogen-bond acceptors (Lipinski definition) is 1. The van der Waals surface area contributed by atoms with Gasteiger partial charge in [-0.25, -0.2) is 0 Å². The molecule has 3 aliphatic rings. The van der Waals surface area contributed by atoms with Crippen LogP contribution in [0.25, 0.3) is 0 Å². The first-order valence-electron chi connectivity index (χ1n) is 6.08. The topological polar surface area (TPSA) is 43.1 Å². The van der Waals surface area contributed by atoms with Gasteiger partial charge in [-0.05, 0) is 6.42 Å². The number of carbonyl (C=O) groups is 1. The van der Waals surface area contributed by atoms with E-state index in [2.05, 4.69) is 6.92 Å². The summed E-state index contributed by atoms with van der Waals surface area (Å²) in [5, 5.41) is 0. The molecule has 3 fully saturated rings. The van der Waals surface area contributed by atoms with Crippen molar-refractivity contribution in [3.63, 3.8) is 0 Å². The molecule has 1 amide bonds. The molecule has 0 aromatic rings. The Balaban J connectivity index is 0.00000128. The van der Waals surface area contributed by atoms with Gasteiger partial charge in [0, 0.05) is 0 Å². The minimum atomic E-state index is -0.132. The SMILES string of the molecule is CCC[N+]12CC[N+](CC(N)=O)(CC1)CC2.[Cl-]. The number of primary amides is 1. The standard InChI is InChI=1S/C11H22N3O.ClH/c1-2-3-13-4-7-14(8-5-13,9-6-13)10-11(12)15;/h2-10H2,1H3,(H-,12,15);1H/q+1;. The van der Waals surface area contributed by atoms with E-state index in [9.17, 15) is 4.79 Å². The zero-order valence-electron chi connectivity index (χ0n) is 10.1. The molecule has 3 saturated heterocycles. The third kappa shape index (κ3) is 2.50. The summed E-state index contributed by atoms with van der Waals surface area (Å²) in [7, 11) is 0. The highest BCUT2D eigenvalue weighted by atomic mass is 35.5. The number of halogens is 1. The van der Waals surface area contributed by atoms with Gasteiger partial charge in [-0.1, -0.05) is 6.92 Å². The summed E-state index contributed by atoms with van der Waals surface area (Å²) in [5.41, 5.74) is 5.33. The molecule has 0 unspecified atom stereocenters. The predicted octanol–water partition coefficient (Wildman–Crippen LogP) is -3.45. The lowest BCUT2D eigenvalue weighted by atomic mass is 10.1. The van der Waals surface area contributed by atoms with Crippen LogP contribution in [-0.2, 0) is 4.79 Å². The van der Waals surface area contributed by atoms with E-state index in [0.717, 1.165) is 24.1 Å². The Bertz CT molecular complexity index is 245. The molecule has 3 heterocycles. The number of piperazine rings is 3. The second-order valence-corrected chi connectivity index (χ2v) is 5.37. The fourth-order valence-electron chi connectivity index (χ4n) is 3.32. The van der Waals surface area contributed by atoms with Crippen molar-refractivity contribution in [1.82, 2.24) is 0 Å². The normalized spacial score (nSPS) is 36.8. The van der Waals surface area contributed by atoms with E-state index >= 15 is 0 Å².